The summed E-state index contributed by atoms with van der Waals surface area (Å²) in [5.74, 6) is -0.403. The van der Waals surface area contributed by atoms with Crippen LogP contribution in [0.2, 0.25) is 0 Å². The van der Waals surface area contributed by atoms with Crippen molar-refractivity contribution in [2.45, 2.75) is 18.1 Å². The number of nitrogens with two attached hydrogens (primary N) is 1. The molecule has 0 aromatic carbocycles. The maximum Gasteiger partial charge on any atom is 0.221 e. The van der Waals surface area contributed by atoms with E-state index in [2.05, 4.69) is 10.6 Å². The number of piperidine rings is 1. The van der Waals surface area contributed by atoms with E-state index in [0.717, 1.165) is 0 Å². The molecular weight excluding hydrogens is 378 g/mol. The van der Waals surface area contributed by atoms with Gasteiger partial charge < -0.3 is 57.2 Å². The van der Waals surface area contributed by atoms with Crippen molar-refractivity contribution in [1.29, 1.82) is 0 Å². The molecule has 0 aliphatic carbocycles. The van der Waals surface area contributed by atoms with Crippen molar-refractivity contribution in [3.63, 3.8) is 0 Å². The van der Waals surface area contributed by atoms with Crippen molar-refractivity contribution in [1.82, 2.24) is 10.6 Å². The Morgan fingerprint density at radius 1 is 0.929 bits per heavy atom. The predicted octanol–water partition coefficient (Wildman–Crippen LogP) is -5.94. The van der Waals surface area contributed by atoms with Gasteiger partial charge in [-0.05, 0) is 0 Å². The van der Waals surface area contributed by atoms with Gasteiger partial charge in [-0.2, -0.15) is 0 Å². The van der Waals surface area contributed by atoms with Gasteiger partial charge in [0.05, 0.1) is 63.2 Å². The normalized spacial score (nSPS) is 18.9. The maximum absolute atomic E-state index is 11.0. The van der Waals surface area contributed by atoms with Gasteiger partial charge in [-0.15, -0.1) is 0 Å². The Kier molecular flexibility index (Phi) is 12.2. The van der Waals surface area contributed by atoms with Crippen LogP contribution in [0.3, 0.4) is 0 Å². The molecule has 1 aliphatic rings. The summed E-state index contributed by atoms with van der Waals surface area (Å²) in [7, 11) is 0. The lowest BCUT2D eigenvalue weighted by Gasteiger charge is -2.49. The average Bonchev–Trinajstić information content (AvgIpc) is 2.73. The van der Waals surface area contributed by atoms with E-state index < -0.39 is 74.6 Å². The molecule has 12 nitrogen and oxygen atoms in total. The highest BCUT2D eigenvalue weighted by Crippen LogP contribution is 2.36. The first kappa shape index (κ1) is 27.1. The van der Waals surface area contributed by atoms with E-state index >= 15 is 0 Å². The lowest BCUT2D eigenvalue weighted by molar-refractivity contribution is -0.163. The lowest BCUT2D eigenvalue weighted by atomic mass is 9.66. The molecule has 1 amide bonds. The summed E-state index contributed by atoms with van der Waals surface area (Å²) in [6.45, 7) is -2.48. The molecule has 0 unspecified atom stereocenters. The molecule has 1 aliphatic heterocycles. The monoisotopic (exact) mass is 413 g/mol. The molecule has 12 heteroatoms. The fourth-order valence-electron chi connectivity index (χ4n) is 2.83. The molecule has 168 valence electrons. The quantitative estimate of drug-likeness (QED) is 0.161. The molecule has 1 saturated heterocycles. The zero-order valence-electron chi connectivity index (χ0n) is 15.9. The predicted molar refractivity (Wildman–Crippen MR) is 97.9 cm³/mol. The van der Waals surface area contributed by atoms with Crippen LogP contribution in [0.4, 0.5) is 0 Å². The van der Waals surface area contributed by atoms with E-state index in [4.69, 9.17) is 21.1 Å². The van der Waals surface area contributed by atoms with Gasteiger partial charge in [0.15, 0.2) is 0 Å². The van der Waals surface area contributed by atoms with E-state index in [0.29, 0.717) is 0 Å². The minimum absolute atomic E-state index is 0.0990. The second-order valence-corrected chi connectivity index (χ2v) is 7.20. The average molecular weight is 413 g/mol. The topological polar surface area (TPSA) is 229 Å². The van der Waals surface area contributed by atoms with Gasteiger partial charge >= 0.3 is 0 Å². The van der Waals surface area contributed by atoms with Crippen molar-refractivity contribution in [3.05, 3.63) is 0 Å². The number of carbonyl (C=O) groups is 1. The highest BCUT2D eigenvalue weighted by Gasteiger charge is 2.52. The van der Waals surface area contributed by atoms with E-state index in [1.165, 1.54) is 0 Å². The Morgan fingerprint density at radius 3 is 1.61 bits per heavy atom. The second-order valence-electron chi connectivity index (χ2n) is 7.20. The zero-order valence-corrected chi connectivity index (χ0v) is 15.9. The van der Waals surface area contributed by atoms with Gasteiger partial charge in [0.2, 0.25) is 5.91 Å². The molecule has 12 N–H and O–H groups in total. The van der Waals surface area contributed by atoms with Crippen LogP contribution in [0.5, 0.6) is 0 Å². The fraction of sp³-hybridized carbons (Fsp3) is 0.938. The number of hydrogen-bond donors (Lipinski definition) is 11. The van der Waals surface area contributed by atoms with Crippen LogP contribution < -0.4 is 16.4 Å². The van der Waals surface area contributed by atoms with E-state index in [-0.39, 0.29) is 26.1 Å². The molecule has 0 aromatic rings. The van der Waals surface area contributed by atoms with Crippen molar-refractivity contribution in [3.8, 4) is 0 Å². The number of aliphatic hydroxyl groups excluding tert-OH is 8. The lowest BCUT2D eigenvalue weighted by Crippen LogP contribution is -2.66. The molecule has 0 spiro atoms. The van der Waals surface area contributed by atoms with Crippen LogP contribution in [-0.2, 0) is 4.79 Å². The Balaban J connectivity index is 0.000000528. The molecular formula is C16H35N3O9. The number of carbonyl (C=O) groups excluding carboxylic acids is 1. The molecule has 0 radical (unpaired) electrons. The Labute approximate surface area is 163 Å². The highest BCUT2D eigenvalue weighted by molar-refractivity contribution is 5.77. The summed E-state index contributed by atoms with van der Waals surface area (Å²) < 4.78 is 0. The van der Waals surface area contributed by atoms with Crippen LogP contribution in [0.25, 0.3) is 0 Å². The first-order chi connectivity index (χ1) is 13.2. The van der Waals surface area contributed by atoms with Gasteiger partial charge in [-0.1, -0.05) is 0 Å². The summed E-state index contributed by atoms with van der Waals surface area (Å²) >= 11 is 0. The van der Waals surface area contributed by atoms with Crippen LogP contribution in [-0.4, -0.2) is 124 Å². The van der Waals surface area contributed by atoms with Gasteiger partial charge in [-0.25, -0.2) is 0 Å². The van der Waals surface area contributed by atoms with Crippen molar-refractivity contribution >= 4 is 5.91 Å². The number of amides is 1. The molecule has 0 atom stereocenters. The third kappa shape index (κ3) is 6.29. The Bertz CT molecular complexity index is 413. The van der Waals surface area contributed by atoms with Crippen molar-refractivity contribution in [2.75, 3.05) is 65.9 Å². The van der Waals surface area contributed by atoms with Crippen LogP contribution >= 0.6 is 0 Å². The van der Waals surface area contributed by atoms with Gasteiger partial charge in [0, 0.05) is 26.1 Å². The number of nitrogens with one attached hydrogen (secondary N) is 2. The molecule has 0 aromatic heterocycles. The fourth-order valence-corrected chi connectivity index (χ4v) is 2.83. The van der Waals surface area contributed by atoms with Gasteiger partial charge in [0.25, 0.3) is 0 Å². The Morgan fingerprint density at radius 2 is 1.32 bits per heavy atom. The zero-order chi connectivity index (χ0) is 21.8. The number of aliphatic hydroxyl groups is 8. The molecule has 1 rings (SSSR count). The third-order valence-corrected chi connectivity index (χ3v) is 5.06. The van der Waals surface area contributed by atoms with Gasteiger partial charge in [0.1, 0.15) is 5.54 Å². The second kappa shape index (κ2) is 12.6. The van der Waals surface area contributed by atoms with Crippen LogP contribution in [0.15, 0.2) is 0 Å². The SMILES string of the molecule is NCCC(=O)NC(CO)(CO)CO.OCC1(CO)CNCC(CO)(CO)C1O. The summed E-state index contributed by atoms with van der Waals surface area (Å²) in [6.07, 6.45) is -1.04. The molecule has 0 bridgehead atoms. The maximum atomic E-state index is 11.0. The van der Waals surface area contributed by atoms with E-state index in [1.807, 2.05) is 0 Å². The molecule has 0 saturated carbocycles. The van der Waals surface area contributed by atoms with Crippen molar-refractivity contribution in [2.24, 2.45) is 16.6 Å². The molecule has 1 fully saturated rings. The Hall–Kier alpha value is -0.930. The molecule has 1 heterocycles. The van der Waals surface area contributed by atoms with Gasteiger partial charge in [-0.3, -0.25) is 4.79 Å². The minimum atomic E-state index is -1.34. The minimum Gasteiger partial charge on any atom is -0.396 e. The van der Waals surface area contributed by atoms with E-state index in [9.17, 15) is 30.3 Å². The standard InChI is InChI=1S/C9H19NO5.C7H16N2O4/c11-3-8(4-12)1-10-2-9(5-13,6-14)7(8)15;8-2-1-6(13)9-7(3-10,4-11)5-12/h7,10-15H,1-6H2;10-12H,1-5,8H2,(H,9,13). The summed E-state index contributed by atoms with van der Waals surface area (Å²) in [6, 6.07) is 0. The number of rotatable bonds is 10. The summed E-state index contributed by atoms with van der Waals surface area (Å²) in [5, 5.41) is 78.6. The highest BCUT2D eigenvalue weighted by atomic mass is 16.3. The first-order valence-corrected chi connectivity index (χ1v) is 8.90. The summed E-state index contributed by atoms with van der Waals surface area (Å²) in [4.78, 5) is 11.0. The first-order valence-electron chi connectivity index (χ1n) is 8.90. The van der Waals surface area contributed by atoms with Crippen LogP contribution in [0, 0.1) is 10.8 Å². The molecule has 28 heavy (non-hydrogen) atoms. The summed E-state index contributed by atoms with van der Waals surface area (Å²) in [5.41, 5.74) is 1.57. The number of hydrogen-bond acceptors (Lipinski definition) is 11. The van der Waals surface area contributed by atoms with Crippen LogP contribution in [0.1, 0.15) is 6.42 Å². The smallest absolute Gasteiger partial charge is 0.221 e. The van der Waals surface area contributed by atoms with E-state index in [1.54, 1.807) is 0 Å². The van der Waals surface area contributed by atoms with Crippen molar-refractivity contribution < 1.29 is 45.6 Å². The largest absolute Gasteiger partial charge is 0.396 e. The third-order valence-electron chi connectivity index (χ3n) is 5.06.